The number of amides is 1. The number of benzene rings is 1. The molecule has 1 N–H and O–H groups in total. The Morgan fingerprint density at radius 2 is 1.92 bits per heavy atom. The maximum atomic E-state index is 12.7. The van der Waals surface area contributed by atoms with Gasteiger partial charge in [-0.05, 0) is 30.3 Å². The minimum atomic E-state index is -2.11. The molecule has 1 saturated heterocycles. The van der Waals surface area contributed by atoms with Crippen LogP contribution in [0.2, 0.25) is 18.1 Å². The van der Waals surface area contributed by atoms with Crippen LogP contribution in [0.15, 0.2) is 54.2 Å². The molecule has 3 aromatic rings. The molecule has 0 unspecified atom stereocenters. The minimum Gasteiger partial charge on any atom is -0.471 e. The van der Waals surface area contributed by atoms with E-state index in [1.165, 1.54) is 13.3 Å². The van der Waals surface area contributed by atoms with Gasteiger partial charge in [-0.1, -0.05) is 50.7 Å². The molecule has 0 spiro atoms. The average molecular weight is 526 g/mol. The van der Waals surface area contributed by atoms with E-state index in [0.29, 0.717) is 34.7 Å². The second kappa shape index (κ2) is 10.2. The molecule has 1 amide bonds. The summed E-state index contributed by atoms with van der Waals surface area (Å²) < 4.78 is 14.8. The number of thioether (sulfide) groups is 1. The van der Waals surface area contributed by atoms with E-state index >= 15 is 0 Å². The standard InChI is InChI=1S/C25H31N5O4SSi/c1-16(31)35-13-19-18(34-36(5,6)25(2,3)4)12-20(33-19)30-15-28-21-22(26-14-27-23(21)30)29-24(32)17-10-8-7-9-11-17/h7-11,13-15,18,20H,12H2,1-6H3,(H,26,27,29,32)/t18-,20+/m0/s1. The lowest BCUT2D eigenvalue weighted by atomic mass is 10.2. The number of nitrogens with one attached hydrogen (secondary N) is 1. The van der Waals surface area contributed by atoms with E-state index in [1.54, 1.807) is 36.0 Å². The smallest absolute Gasteiger partial charge is 0.256 e. The molecule has 1 aliphatic rings. The summed E-state index contributed by atoms with van der Waals surface area (Å²) in [6.07, 6.45) is 2.84. The van der Waals surface area contributed by atoms with Gasteiger partial charge in [-0.15, -0.1) is 0 Å². The van der Waals surface area contributed by atoms with Gasteiger partial charge in [-0.3, -0.25) is 14.2 Å². The second-order valence-electron chi connectivity index (χ2n) is 10.2. The highest BCUT2D eigenvalue weighted by atomic mass is 32.2. The van der Waals surface area contributed by atoms with E-state index in [-0.39, 0.29) is 22.2 Å². The SMILES string of the molecule is CC(=O)SC=C1O[C@@H](n2cnc3c(NC(=O)c4ccccc4)ncnc32)C[C@@H]1O[Si](C)(C)C(C)(C)C. The zero-order valence-electron chi connectivity index (χ0n) is 21.3. The molecule has 0 aliphatic carbocycles. The minimum absolute atomic E-state index is 0.0186. The van der Waals surface area contributed by atoms with Gasteiger partial charge in [0.25, 0.3) is 5.91 Å². The van der Waals surface area contributed by atoms with Crippen LogP contribution < -0.4 is 5.32 Å². The number of nitrogens with zero attached hydrogens (tertiary/aromatic N) is 4. The highest BCUT2D eigenvalue weighted by molar-refractivity contribution is 8.16. The fourth-order valence-corrected chi connectivity index (χ4v) is 5.32. The molecule has 0 radical (unpaired) electrons. The summed E-state index contributed by atoms with van der Waals surface area (Å²) in [5.41, 5.74) is 1.51. The summed E-state index contributed by atoms with van der Waals surface area (Å²) in [6.45, 7) is 12.5. The van der Waals surface area contributed by atoms with E-state index in [4.69, 9.17) is 9.16 Å². The number of anilines is 1. The van der Waals surface area contributed by atoms with E-state index < -0.39 is 14.5 Å². The Labute approximate surface area is 215 Å². The summed E-state index contributed by atoms with van der Waals surface area (Å²) in [6, 6.07) is 8.91. The lowest BCUT2D eigenvalue weighted by molar-refractivity contribution is -0.109. The van der Waals surface area contributed by atoms with Crippen LogP contribution in [-0.2, 0) is 14.0 Å². The monoisotopic (exact) mass is 525 g/mol. The normalized spacial score (nSPS) is 19.4. The van der Waals surface area contributed by atoms with Crippen LogP contribution in [-0.4, -0.2) is 45.0 Å². The third-order valence-corrected chi connectivity index (χ3v) is 11.7. The molecule has 11 heteroatoms. The molecule has 190 valence electrons. The first-order valence-electron chi connectivity index (χ1n) is 11.7. The van der Waals surface area contributed by atoms with Gasteiger partial charge in [0.2, 0.25) is 0 Å². The van der Waals surface area contributed by atoms with E-state index in [1.807, 2.05) is 10.6 Å². The number of carbonyl (C=O) groups excluding carboxylic acids is 2. The van der Waals surface area contributed by atoms with Crippen molar-refractivity contribution < 1.29 is 18.8 Å². The molecule has 0 saturated carbocycles. The number of aromatic nitrogens is 4. The van der Waals surface area contributed by atoms with Crippen molar-refractivity contribution in [2.24, 2.45) is 0 Å². The van der Waals surface area contributed by atoms with Crippen LogP contribution in [0.1, 0.15) is 50.7 Å². The summed E-state index contributed by atoms with van der Waals surface area (Å²) >= 11 is 1.09. The predicted octanol–water partition coefficient (Wildman–Crippen LogP) is 5.51. The number of imidazole rings is 1. The number of ether oxygens (including phenoxy) is 1. The first-order chi connectivity index (χ1) is 17.0. The van der Waals surface area contributed by atoms with Gasteiger partial charge >= 0.3 is 0 Å². The lowest BCUT2D eigenvalue weighted by Crippen LogP contribution is -2.43. The van der Waals surface area contributed by atoms with Crippen molar-refractivity contribution in [1.82, 2.24) is 19.5 Å². The van der Waals surface area contributed by atoms with Crippen molar-refractivity contribution in [3.63, 3.8) is 0 Å². The number of hydrogen-bond acceptors (Lipinski definition) is 8. The Kier molecular flexibility index (Phi) is 7.35. The molecule has 2 atom stereocenters. The molecule has 2 aromatic heterocycles. The van der Waals surface area contributed by atoms with Gasteiger partial charge in [-0.25, -0.2) is 15.0 Å². The molecule has 0 bridgehead atoms. The molecule has 9 nitrogen and oxygen atoms in total. The van der Waals surface area contributed by atoms with Crippen LogP contribution >= 0.6 is 11.8 Å². The zero-order valence-corrected chi connectivity index (χ0v) is 23.1. The first-order valence-corrected chi connectivity index (χ1v) is 15.5. The zero-order chi connectivity index (χ0) is 26.1. The molecule has 1 aromatic carbocycles. The Morgan fingerprint density at radius 1 is 1.19 bits per heavy atom. The highest BCUT2D eigenvalue weighted by Crippen LogP contribution is 2.43. The number of fused-ring (bicyclic) bond motifs is 1. The lowest BCUT2D eigenvalue weighted by Gasteiger charge is -2.38. The van der Waals surface area contributed by atoms with Crippen LogP contribution in [0.5, 0.6) is 0 Å². The first kappa shape index (κ1) is 26.1. The Hall–Kier alpha value is -3.02. The van der Waals surface area contributed by atoms with Gasteiger partial charge in [0, 0.05) is 24.3 Å². The van der Waals surface area contributed by atoms with Crippen LogP contribution in [0.3, 0.4) is 0 Å². The molecular weight excluding hydrogens is 494 g/mol. The molecule has 4 rings (SSSR count). The summed E-state index contributed by atoms with van der Waals surface area (Å²) in [4.78, 5) is 37.4. The number of carbonyl (C=O) groups is 2. The predicted molar refractivity (Wildman–Crippen MR) is 143 cm³/mol. The summed E-state index contributed by atoms with van der Waals surface area (Å²) in [7, 11) is -2.11. The van der Waals surface area contributed by atoms with Crippen molar-refractivity contribution in [3.05, 3.63) is 59.7 Å². The van der Waals surface area contributed by atoms with Gasteiger partial charge in [-0.2, -0.15) is 0 Å². The quantitative estimate of drug-likeness (QED) is 0.420. The van der Waals surface area contributed by atoms with Crippen LogP contribution in [0.25, 0.3) is 11.2 Å². The van der Waals surface area contributed by atoms with Gasteiger partial charge in [0.15, 0.2) is 36.6 Å². The van der Waals surface area contributed by atoms with Gasteiger partial charge in [0.05, 0.1) is 0 Å². The van der Waals surface area contributed by atoms with E-state index in [9.17, 15) is 9.59 Å². The maximum Gasteiger partial charge on any atom is 0.256 e. The topological polar surface area (TPSA) is 108 Å². The second-order valence-corrected chi connectivity index (χ2v) is 16.0. The summed E-state index contributed by atoms with van der Waals surface area (Å²) in [5.74, 6) is 0.665. The van der Waals surface area contributed by atoms with Gasteiger partial charge in [0.1, 0.15) is 24.5 Å². The fourth-order valence-electron chi connectivity index (χ4n) is 3.56. The highest BCUT2D eigenvalue weighted by Gasteiger charge is 2.43. The molecule has 3 heterocycles. The Balaban J connectivity index is 1.62. The van der Waals surface area contributed by atoms with Crippen molar-refractivity contribution in [2.75, 3.05) is 5.32 Å². The molecule has 36 heavy (non-hydrogen) atoms. The Bertz CT molecular complexity index is 1300. The number of rotatable bonds is 6. The van der Waals surface area contributed by atoms with Crippen molar-refractivity contribution in [1.29, 1.82) is 0 Å². The number of hydrogen-bond donors (Lipinski definition) is 1. The van der Waals surface area contributed by atoms with E-state index in [0.717, 1.165) is 11.8 Å². The third-order valence-electron chi connectivity index (χ3n) is 6.53. The Morgan fingerprint density at radius 3 is 2.58 bits per heavy atom. The molecule has 1 aliphatic heterocycles. The average Bonchev–Trinajstić information content (AvgIpc) is 3.41. The third kappa shape index (κ3) is 5.53. The van der Waals surface area contributed by atoms with Crippen LogP contribution in [0.4, 0.5) is 5.82 Å². The molecule has 1 fully saturated rings. The van der Waals surface area contributed by atoms with Crippen molar-refractivity contribution >= 4 is 48.1 Å². The largest absolute Gasteiger partial charge is 0.471 e. The van der Waals surface area contributed by atoms with E-state index in [2.05, 4.69) is 54.1 Å². The van der Waals surface area contributed by atoms with Crippen molar-refractivity contribution in [2.45, 2.75) is 64.6 Å². The molecular formula is C25H31N5O4SSi. The fraction of sp³-hybridized carbons (Fsp3) is 0.400. The maximum absolute atomic E-state index is 12.7. The van der Waals surface area contributed by atoms with Gasteiger partial charge < -0.3 is 14.5 Å². The summed E-state index contributed by atoms with van der Waals surface area (Å²) in [5, 5.41) is 4.55. The van der Waals surface area contributed by atoms with Crippen LogP contribution in [0, 0.1) is 0 Å². The van der Waals surface area contributed by atoms with Crippen molar-refractivity contribution in [3.8, 4) is 0 Å².